The van der Waals surface area contributed by atoms with Crippen LogP contribution in [-0.4, -0.2) is 6.54 Å². The zero-order valence-electron chi connectivity index (χ0n) is 9.82. The van der Waals surface area contributed by atoms with Gasteiger partial charge in [-0.2, -0.15) is 11.3 Å². The maximum absolute atomic E-state index is 3.62. The zero-order chi connectivity index (χ0) is 12.1. The van der Waals surface area contributed by atoms with Crippen molar-refractivity contribution < 1.29 is 0 Å². The van der Waals surface area contributed by atoms with Crippen molar-refractivity contribution in [2.24, 2.45) is 0 Å². The molecular formula is C14H16BrNS. The lowest BCUT2D eigenvalue weighted by Gasteiger charge is -2.17. The number of hydrogen-bond acceptors (Lipinski definition) is 2. The Hall–Kier alpha value is -0.640. The summed E-state index contributed by atoms with van der Waals surface area (Å²) < 4.78 is 1.21. The molecule has 1 N–H and O–H groups in total. The summed E-state index contributed by atoms with van der Waals surface area (Å²) in [5.74, 6) is 0. The lowest BCUT2D eigenvalue weighted by Crippen LogP contribution is -2.22. The molecule has 1 unspecified atom stereocenters. The molecule has 0 aliphatic carbocycles. The molecule has 1 heterocycles. The van der Waals surface area contributed by atoms with Crippen LogP contribution in [0.3, 0.4) is 0 Å². The van der Waals surface area contributed by atoms with Crippen LogP contribution in [-0.2, 0) is 6.42 Å². The molecule has 0 spiro atoms. The topological polar surface area (TPSA) is 12.0 Å². The molecule has 90 valence electrons. The molecule has 0 aliphatic rings. The van der Waals surface area contributed by atoms with Crippen LogP contribution in [0.1, 0.15) is 24.1 Å². The second kappa shape index (κ2) is 6.34. The summed E-state index contributed by atoms with van der Waals surface area (Å²) in [7, 11) is 0. The normalized spacial score (nSPS) is 12.6. The third-order valence-electron chi connectivity index (χ3n) is 2.75. The fourth-order valence-electron chi connectivity index (χ4n) is 1.93. The first-order valence-corrected chi connectivity index (χ1v) is 7.53. The summed E-state index contributed by atoms with van der Waals surface area (Å²) in [6.07, 6.45) is 1.03. The first-order valence-electron chi connectivity index (χ1n) is 5.80. The minimum Gasteiger partial charge on any atom is -0.310 e. The summed E-state index contributed by atoms with van der Waals surface area (Å²) in [6, 6.07) is 11.0. The number of likely N-dealkylation sites (N-methyl/N-ethyl adjacent to an activating group) is 1. The Balaban J connectivity index is 2.16. The lowest BCUT2D eigenvalue weighted by atomic mass is 10.0. The standard InChI is InChI=1S/C14H16BrNS/c1-2-16-14(12-9-17-10-13(12)15)8-11-6-4-3-5-7-11/h3-7,9-10,14,16H,2,8H2,1H3. The van der Waals surface area contributed by atoms with Gasteiger partial charge in [0.05, 0.1) is 0 Å². The van der Waals surface area contributed by atoms with E-state index in [2.05, 4.69) is 69.3 Å². The van der Waals surface area contributed by atoms with Gasteiger partial charge in [0.1, 0.15) is 0 Å². The van der Waals surface area contributed by atoms with Crippen molar-refractivity contribution in [1.29, 1.82) is 0 Å². The van der Waals surface area contributed by atoms with Crippen LogP contribution in [0.5, 0.6) is 0 Å². The Kier molecular flexibility index (Phi) is 4.77. The Morgan fingerprint density at radius 3 is 2.59 bits per heavy atom. The maximum atomic E-state index is 3.62. The van der Waals surface area contributed by atoms with Gasteiger partial charge in [0, 0.05) is 15.9 Å². The fourth-order valence-corrected chi connectivity index (χ4v) is 3.56. The molecule has 0 saturated carbocycles. The predicted molar refractivity (Wildman–Crippen MR) is 78.6 cm³/mol. The Bertz CT molecular complexity index is 452. The van der Waals surface area contributed by atoms with Crippen LogP contribution in [0.15, 0.2) is 45.6 Å². The van der Waals surface area contributed by atoms with E-state index in [-0.39, 0.29) is 0 Å². The SMILES string of the molecule is CCNC(Cc1ccccc1)c1cscc1Br. The third-order valence-corrected chi connectivity index (χ3v) is 4.50. The molecule has 0 bridgehead atoms. The largest absolute Gasteiger partial charge is 0.310 e. The fraction of sp³-hybridized carbons (Fsp3) is 0.286. The quantitative estimate of drug-likeness (QED) is 0.863. The van der Waals surface area contributed by atoms with Gasteiger partial charge >= 0.3 is 0 Å². The molecule has 2 rings (SSSR count). The highest BCUT2D eigenvalue weighted by Crippen LogP contribution is 2.29. The minimum atomic E-state index is 0.392. The van der Waals surface area contributed by atoms with Gasteiger partial charge in [0.2, 0.25) is 0 Å². The van der Waals surface area contributed by atoms with Crippen molar-refractivity contribution in [1.82, 2.24) is 5.32 Å². The van der Waals surface area contributed by atoms with Gasteiger partial charge in [-0.05, 0) is 45.4 Å². The summed E-state index contributed by atoms with van der Waals surface area (Å²) in [5, 5.41) is 7.92. The third kappa shape index (κ3) is 3.41. The first-order chi connectivity index (χ1) is 8.31. The van der Waals surface area contributed by atoms with E-state index in [9.17, 15) is 0 Å². The van der Waals surface area contributed by atoms with E-state index in [1.165, 1.54) is 15.6 Å². The van der Waals surface area contributed by atoms with Crippen LogP contribution >= 0.6 is 27.3 Å². The van der Waals surface area contributed by atoms with Crippen molar-refractivity contribution in [3.05, 3.63) is 56.7 Å². The molecule has 3 heteroatoms. The number of nitrogens with one attached hydrogen (secondary N) is 1. The van der Waals surface area contributed by atoms with Crippen molar-refractivity contribution in [2.45, 2.75) is 19.4 Å². The van der Waals surface area contributed by atoms with Gasteiger partial charge in [-0.3, -0.25) is 0 Å². The summed E-state index contributed by atoms with van der Waals surface area (Å²) in [5.41, 5.74) is 2.73. The zero-order valence-corrected chi connectivity index (χ0v) is 12.2. The van der Waals surface area contributed by atoms with E-state index in [0.29, 0.717) is 6.04 Å². The number of rotatable bonds is 5. The van der Waals surface area contributed by atoms with E-state index in [4.69, 9.17) is 0 Å². The van der Waals surface area contributed by atoms with E-state index < -0.39 is 0 Å². The number of benzene rings is 1. The summed E-state index contributed by atoms with van der Waals surface area (Å²) >= 11 is 5.36. The average Bonchev–Trinajstić information content (AvgIpc) is 2.76. The smallest absolute Gasteiger partial charge is 0.0380 e. The van der Waals surface area contributed by atoms with Crippen LogP contribution in [0.25, 0.3) is 0 Å². The molecule has 0 amide bonds. The highest BCUT2D eigenvalue weighted by molar-refractivity contribution is 9.10. The molecule has 17 heavy (non-hydrogen) atoms. The Morgan fingerprint density at radius 2 is 2.00 bits per heavy atom. The lowest BCUT2D eigenvalue weighted by molar-refractivity contribution is 0.549. The number of halogens is 1. The van der Waals surface area contributed by atoms with Crippen LogP contribution in [0, 0.1) is 0 Å². The molecule has 1 nitrogen and oxygen atoms in total. The maximum Gasteiger partial charge on any atom is 0.0380 e. The van der Waals surface area contributed by atoms with Crippen LogP contribution in [0.4, 0.5) is 0 Å². The van der Waals surface area contributed by atoms with Gasteiger partial charge in [-0.25, -0.2) is 0 Å². The predicted octanol–water partition coefficient (Wildman–Crippen LogP) is 4.40. The van der Waals surface area contributed by atoms with Gasteiger partial charge in [-0.15, -0.1) is 0 Å². The highest BCUT2D eigenvalue weighted by atomic mass is 79.9. The Labute approximate surface area is 115 Å². The average molecular weight is 310 g/mol. The molecular weight excluding hydrogens is 294 g/mol. The van der Waals surface area contributed by atoms with Crippen molar-refractivity contribution >= 4 is 27.3 Å². The summed E-state index contributed by atoms with van der Waals surface area (Å²) in [4.78, 5) is 0. The monoisotopic (exact) mass is 309 g/mol. The molecule has 2 aromatic rings. The van der Waals surface area contributed by atoms with Gasteiger partial charge in [-0.1, -0.05) is 37.3 Å². The second-order valence-corrected chi connectivity index (χ2v) is 5.57. The number of hydrogen-bond donors (Lipinski definition) is 1. The van der Waals surface area contributed by atoms with Crippen LogP contribution < -0.4 is 5.32 Å². The molecule has 0 saturated heterocycles. The molecule has 1 atom stereocenters. The molecule has 0 aliphatic heterocycles. The molecule has 0 fully saturated rings. The van der Waals surface area contributed by atoms with Gasteiger partial charge in [0.15, 0.2) is 0 Å². The Morgan fingerprint density at radius 1 is 1.24 bits per heavy atom. The first kappa shape index (κ1) is 12.8. The van der Waals surface area contributed by atoms with E-state index >= 15 is 0 Å². The highest BCUT2D eigenvalue weighted by Gasteiger charge is 2.14. The van der Waals surface area contributed by atoms with Crippen molar-refractivity contribution in [3.8, 4) is 0 Å². The molecule has 1 aromatic carbocycles. The van der Waals surface area contributed by atoms with Crippen LogP contribution in [0.2, 0.25) is 0 Å². The van der Waals surface area contributed by atoms with Crippen molar-refractivity contribution in [3.63, 3.8) is 0 Å². The van der Waals surface area contributed by atoms with E-state index in [1.807, 2.05) is 0 Å². The van der Waals surface area contributed by atoms with Gasteiger partial charge < -0.3 is 5.32 Å². The minimum absolute atomic E-state index is 0.392. The van der Waals surface area contributed by atoms with Gasteiger partial charge in [0.25, 0.3) is 0 Å². The van der Waals surface area contributed by atoms with E-state index in [1.54, 1.807) is 11.3 Å². The molecule has 1 aromatic heterocycles. The second-order valence-electron chi connectivity index (χ2n) is 3.98. The summed E-state index contributed by atoms with van der Waals surface area (Å²) in [6.45, 7) is 3.14. The molecule has 0 radical (unpaired) electrons. The van der Waals surface area contributed by atoms with Crippen molar-refractivity contribution in [2.75, 3.05) is 6.54 Å². The van der Waals surface area contributed by atoms with E-state index in [0.717, 1.165) is 13.0 Å². The number of thiophene rings is 1.